The van der Waals surface area contributed by atoms with Crippen molar-refractivity contribution < 1.29 is 9.53 Å². The third-order valence-electron chi connectivity index (χ3n) is 2.07. The highest BCUT2D eigenvalue weighted by molar-refractivity contribution is 5.87. The van der Waals surface area contributed by atoms with Gasteiger partial charge in [0.25, 0.3) is 0 Å². The summed E-state index contributed by atoms with van der Waals surface area (Å²) in [4.78, 5) is 11.2. The molecule has 0 aromatic heterocycles. The molecule has 0 aliphatic carbocycles. The molecule has 0 saturated carbocycles. The Morgan fingerprint density at radius 1 is 1.41 bits per heavy atom. The van der Waals surface area contributed by atoms with Gasteiger partial charge in [-0.25, -0.2) is 4.79 Å². The lowest BCUT2D eigenvalue weighted by atomic mass is 10.2. The maximum Gasteiger partial charge on any atom is 0.334 e. The third kappa shape index (κ3) is 6.09. The van der Waals surface area contributed by atoms with E-state index in [0.29, 0.717) is 12.1 Å². The van der Waals surface area contributed by atoms with Crippen LogP contribution in [0.25, 0.3) is 0 Å². The fourth-order valence-corrected chi connectivity index (χ4v) is 1.16. The zero-order valence-electron chi connectivity index (χ0n) is 10.1. The second-order valence-electron chi connectivity index (χ2n) is 3.69. The Morgan fingerprint density at radius 2 is 2.00 bits per heavy atom. The molecule has 0 saturated heterocycles. The SMILES string of the molecule is C=C(C)C(=O)OC(C)NCc1ccccc1.Cl. The number of esters is 1. The molecule has 17 heavy (non-hydrogen) atoms. The number of carbonyl (C=O) groups excluding carboxylic acids is 1. The van der Waals surface area contributed by atoms with Gasteiger partial charge in [-0.1, -0.05) is 36.9 Å². The van der Waals surface area contributed by atoms with Gasteiger partial charge in [0.1, 0.15) is 0 Å². The molecule has 0 spiro atoms. The van der Waals surface area contributed by atoms with Crippen LogP contribution in [0.5, 0.6) is 0 Å². The van der Waals surface area contributed by atoms with Crippen LogP contribution in [0.15, 0.2) is 42.5 Å². The highest BCUT2D eigenvalue weighted by atomic mass is 35.5. The number of hydrogen-bond acceptors (Lipinski definition) is 3. The van der Waals surface area contributed by atoms with E-state index in [1.165, 1.54) is 0 Å². The van der Waals surface area contributed by atoms with E-state index >= 15 is 0 Å². The minimum atomic E-state index is -0.368. The van der Waals surface area contributed by atoms with Gasteiger partial charge in [-0.2, -0.15) is 0 Å². The van der Waals surface area contributed by atoms with E-state index in [4.69, 9.17) is 4.74 Å². The quantitative estimate of drug-likeness (QED) is 0.499. The van der Waals surface area contributed by atoms with Gasteiger partial charge in [0.2, 0.25) is 0 Å². The molecule has 1 aromatic rings. The van der Waals surface area contributed by atoms with Crippen molar-refractivity contribution in [1.29, 1.82) is 0 Å². The standard InChI is InChI=1S/C13H17NO2.ClH/c1-10(2)13(15)16-11(3)14-9-12-7-5-4-6-8-12;/h4-8,11,14H,1,9H2,2-3H3;1H. The number of hydrogen-bond donors (Lipinski definition) is 1. The van der Waals surface area contributed by atoms with Gasteiger partial charge in [0.15, 0.2) is 6.23 Å². The zero-order valence-corrected chi connectivity index (χ0v) is 10.9. The molecule has 0 aliphatic rings. The van der Waals surface area contributed by atoms with Crippen LogP contribution in [0.3, 0.4) is 0 Å². The summed E-state index contributed by atoms with van der Waals surface area (Å²) in [6.07, 6.45) is -0.315. The number of halogens is 1. The maximum atomic E-state index is 11.2. The van der Waals surface area contributed by atoms with Gasteiger partial charge in [-0.15, -0.1) is 12.4 Å². The molecule has 1 rings (SSSR count). The summed E-state index contributed by atoms with van der Waals surface area (Å²) < 4.78 is 5.08. The van der Waals surface area contributed by atoms with Crippen molar-refractivity contribution in [3.8, 4) is 0 Å². The highest BCUT2D eigenvalue weighted by Crippen LogP contribution is 2.00. The first kappa shape index (κ1) is 15.7. The van der Waals surface area contributed by atoms with E-state index in [9.17, 15) is 4.79 Å². The number of ether oxygens (including phenoxy) is 1. The van der Waals surface area contributed by atoms with Gasteiger partial charge < -0.3 is 4.74 Å². The van der Waals surface area contributed by atoms with E-state index in [-0.39, 0.29) is 24.6 Å². The molecule has 94 valence electrons. The van der Waals surface area contributed by atoms with Crippen molar-refractivity contribution in [2.75, 3.05) is 0 Å². The highest BCUT2D eigenvalue weighted by Gasteiger charge is 2.08. The molecule has 4 heteroatoms. The van der Waals surface area contributed by atoms with Crippen LogP contribution in [0.1, 0.15) is 19.4 Å². The van der Waals surface area contributed by atoms with Crippen LogP contribution in [0.2, 0.25) is 0 Å². The van der Waals surface area contributed by atoms with Crippen molar-refractivity contribution in [2.45, 2.75) is 26.6 Å². The monoisotopic (exact) mass is 255 g/mol. The topological polar surface area (TPSA) is 38.3 Å². The van der Waals surface area contributed by atoms with E-state index in [0.717, 1.165) is 5.56 Å². The molecule has 1 aromatic carbocycles. The Morgan fingerprint density at radius 3 is 2.53 bits per heavy atom. The van der Waals surface area contributed by atoms with Crippen molar-refractivity contribution in [3.05, 3.63) is 48.0 Å². The summed E-state index contributed by atoms with van der Waals surface area (Å²) in [7, 11) is 0. The smallest absolute Gasteiger partial charge is 0.334 e. The summed E-state index contributed by atoms with van der Waals surface area (Å²) in [6.45, 7) is 7.62. The molecule has 1 unspecified atom stereocenters. The average Bonchev–Trinajstić information content (AvgIpc) is 2.27. The molecule has 0 heterocycles. The molecule has 0 radical (unpaired) electrons. The van der Waals surface area contributed by atoms with Gasteiger partial charge in [0.05, 0.1) is 0 Å². The summed E-state index contributed by atoms with van der Waals surface area (Å²) in [5.41, 5.74) is 1.56. The molecular weight excluding hydrogens is 238 g/mol. The molecular formula is C13H18ClNO2. The minimum absolute atomic E-state index is 0. The van der Waals surface area contributed by atoms with Crippen LogP contribution < -0.4 is 5.32 Å². The third-order valence-corrected chi connectivity index (χ3v) is 2.07. The predicted molar refractivity (Wildman–Crippen MR) is 70.9 cm³/mol. The van der Waals surface area contributed by atoms with Gasteiger partial charge >= 0.3 is 5.97 Å². The molecule has 0 fully saturated rings. The summed E-state index contributed by atoms with van der Waals surface area (Å²) in [5, 5.41) is 3.10. The summed E-state index contributed by atoms with van der Waals surface area (Å²) >= 11 is 0. The Kier molecular flexibility index (Phi) is 7.26. The number of rotatable bonds is 5. The maximum absolute atomic E-state index is 11.2. The van der Waals surface area contributed by atoms with E-state index in [1.54, 1.807) is 13.8 Å². The van der Waals surface area contributed by atoms with Crippen molar-refractivity contribution in [3.63, 3.8) is 0 Å². The van der Waals surface area contributed by atoms with Crippen LogP contribution in [0.4, 0.5) is 0 Å². The first-order valence-corrected chi connectivity index (χ1v) is 5.23. The van der Waals surface area contributed by atoms with E-state index < -0.39 is 0 Å². The van der Waals surface area contributed by atoms with Gasteiger partial charge in [0, 0.05) is 12.1 Å². The van der Waals surface area contributed by atoms with Crippen LogP contribution in [0, 0.1) is 0 Å². The first-order valence-electron chi connectivity index (χ1n) is 5.23. The van der Waals surface area contributed by atoms with Crippen molar-refractivity contribution in [1.82, 2.24) is 5.32 Å². The lowest BCUT2D eigenvalue weighted by molar-refractivity contribution is -0.144. The van der Waals surface area contributed by atoms with Crippen LogP contribution in [-0.2, 0) is 16.1 Å². The second kappa shape index (κ2) is 7.87. The van der Waals surface area contributed by atoms with Crippen LogP contribution >= 0.6 is 12.4 Å². The lowest BCUT2D eigenvalue weighted by Gasteiger charge is -2.14. The summed E-state index contributed by atoms with van der Waals surface area (Å²) in [5.74, 6) is -0.368. The van der Waals surface area contributed by atoms with Crippen LogP contribution in [-0.4, -0.2) is 12.2 Å². The molecule has 0 aliphatic heterocycles. The minimum Gasteiger partial charge on any atom is -0.444 e. The molecule has 3 nitrogen and oxygen atoms in total. The Hall–Kier alpha value is -1.32. The largest absolute Gasteiger partial charge is 0.444 e. The zero-order chi connectivity index (χ0) is 12.0. The van der Waals surface area contributed by atoms with Gasteiger partial charge in [-0.05, 0) is 19.4 Å². The predicted octanol–water partition coefficient (Wildman–Crippen LogP) is 2.66. The first-order chi connectivity index (χ1) is 7.59. The lowest BCUT2D eigenvalue weighted by Crippen LogP contribution is -2.30. The molecule has 0 bridgehead atoms. The molecule has 0 amide bonds. The molecule has 1 N–H and O–H groups in total. The number of nitrogens with one attached hydrogen (secondary N) is 1. The van der Waals surface area contributed by atoms with Crippen molar-refractivity contribution in [2.24, 2.45) is 0 Å². The van der Waals surface area contributed by atoms with E-state index in [2.05, 4.69) is 11.9 Å². The fraction of sp³-hybridized carbons (Fsp3) is 0.308. The van der Waals surface area contributed by atoms with Crippen molar-refractivity contribution >= 4 is 18.4 Å². The molecule has 1 atom stereocenters. The van der Waals surface area contributed by atoms with E-state index in [1.807, 2.05) is 30.3 Å². The fourth-order valence-electron chi connectivity index (χ4n) is 1.16. The summed E-state index contributed by atoms with van der Waals surface area (Å²) in [6, 6.07) is 9.94. The number of carbonyl (C=O) groups is 1. The average molecular weight is 256 g/mol. The Labute approximate surface area is 108 Å². The number of benzene rings is 1. The van der Waals surface area contributed by atoms with Gasteiger partial charge in [-0.3, -0.25) is 5.32 Å². The second-order valence-corrected chi connectivity index (χ2v) is 3.69. The Balaban J connectivity index is 0.00000256. The Bertz CT molecular complexity index is 365. The normalized spacial score (nSPS) is 11.2.